The molecule has 0 bridgehead atoms. The Kier molecular flexibility index (Phi) is 4.11. The van der Waals surface area contributed by atoms with E-state index < -0.39 is 0 Å². The minimum atomic E-state index is -0.283. The van der Waals surface area contributed by atoms with Crippen LogP contribution in [0.3, 0.4) is 0 Å². The third-order valence-electron chi connectivity index (χ3n) is 1.64. The van der Waals surface area contributed by atoms with Crippen LogP contribution in [-0.2, 0) is 0 Å². The van der Waals surface area contributed by atoms with Crippen molar-refractivity contribution < 1.29 is 5.11 Å². The van der Waals surface area contributed by atoms with E-state index in [1.165, 1.54) is 11.5 Å². The van der Waals surface area contributed by atoms with Gasteiger partial charge in [0.25, 0.3) is 0 Å². The standard InChI is InChI=1S/C8H15N3OS/c1-3-4-7(12)5-9-8-10-6(2)11-13-8/h7,12H,3-5H2,1-2H3,(H,9,10,11). The summed E-state index contributed by atoms with van der Waals surface area (Å²) in [7, 11) is 0. The predicted molar refractivity (Wildman–Crippen MR) is 54.1 cm³/mol. The Hall–Kier alpha value is -0.680. The minimum Gasteiger partial charge on any atom is -0.391 e. The molecule has 0 aliphatic carbocycles. The van der Waals surface area contributed by atoms with E-state index in [4.69, 9.17) is 0 Å². The van der Waals surface area contributed by atoms with Crippen molar-refractivity contribution in [3.05, 3.63) is 5.82 Å². The van der Waals surface area contributed by atoms with Gasteiger partial charge >= 0.3 is 0 Å². The van der Waals surface area contributed by atoms with Gasteiger partial charge in [0.05, 0.1) is 6.10 Å². The molecule has 0 aromatic carbocycles. The molecule has 2 N–H and O–H groups in total. The quantitative estimate of drug-likeness (QED) is 0.756. The number of nitrogens with zero attached hydrogens (tertiary/aromatic N) is 2. The van der Waals surface area contributed by atoms with Crippen molar-refractivity contribution in [2.45, 2.75) is 32.8 Å². The highest BCUT2D eigenvalue weighted by Crippen LogP contribution is 2.10. The van der Waals surface area contributed by atoms with E-state index in [1.807, 2.05) is 6.92 Å². The number of hydrogen-bond acceptors (Lipinski definition) is 5. The number of hydrogen-bond donors (Lipinski definition) is 2. The zero-order valence-electron chi connectivity index (χ0n) is 7.95. The van der Waals surface area contributed by atoms with Gasteiger partial charge in [-0.3, -0.25) is 0 Å². The fourth-order valence-corrected chi connectivity index (χ4v) is 1.59. The van der Waals surface area contributed by atoms with Crippen LogP contribution in [0.4, 0.5) is 5.13 Å². The Labute approximate surface area is 82.2 Å². The smallest absolute Gasteiger partial charge is 0.202 e. The third kappa shape index (κ3) is 3.69. The molecule has 13 heavy (non-hydrogen) atoms. The van der Waals surface area contributed by atoms with Gasteiger partial charge in [-0.2, -0.15) is 4.37 Å². The second-order valence-electron chi connectivity index (χ2n) is 2.97. The molecular formula is C8H15N3OS. The first-order chi connectivity index (χ1) is 6.22. The molecule has 0 fully saturated rings. The molecule has 0 saturated heterocycles. The monoisotopic (exact) mass is 201 g/mol. The zero-order chi connectivity index (χ0) is 9.68. The Balaban J connectivity index is 2.26. The van der Waals surface area contributed by atoms with E-state index in [2.05, 4.69) is 21.6 Å². The fourth-order valence-electron chi connectivity index (χ4n) is 1.01. The molecular weight excluding hydrogens is 186 g/mol. The minimum absolute atomic E-state index is 0.283. The summed E-state index contributed by atoms with van der Waals surface area (Å²) < 4.78 is 4.03. The first-order valence-corrected chi connectivity index (χ1v) is 5.22. The Bertz CT molecular complexity index is 251. The van der Waals surface area contributed by atoms with Crippen LogP contribution >= 0.6 is 11.5 Å². The molecule has 1 aromatic rings. The summed E-state index contributed by atoms with van der Waals surface area (Å²) in [6, 6.07) is 0. The van der Waals surface area contributed by atoms with Gasteiger partial charge in [-0.25, -0.2) is 4.98 Å². The molecule has 0 aliphatic heterocycles. The number of aromatic nitrogens is 2. The highest BCUT2D eigenvalue weighted by molar-refractivity contribution is 7.09. The van der Waals surface area contributed by atoms with E-state index in [0.717, 1.165) is 23.8 Å². The number of anilines is 1. The van der Waals surface area contributed by atoms with E-state index in [-0.39, 0.29) is 6.10 Å². The lowest BCUT2D eigenvalue weighted by Crippen LogP contribution is -2.18. The average Bonchev–Trinajstić information content (AvgIpc) is 2.49. The summed E-state index contributed by atoms with van der Waals surface area (Å²) in [6.45, 7) is 4.46. The maximum absolute atomic E-state index is 9.41. The molecule has 1 rings (SSSR count). The van der Waals surface area contributed by atoms with Crippen molar-refractivity contribution in [3.8, 4) is 0 Å². The summed E-state index contributed by atoms with van der Waals surface area (Å²) in [5, 5.41) is 13.2. The van der Waals surface area contributed by atoms with Crippen molar-refractivity contribution in [1.29, 1.82) is 0 Å². The molecule has 1 heterocycles. The molecule has 4 nitrogen and oxygen atoms in total. The van der Waals surface area contributed by atoms with Gasteiger partial charge in [0.1, 0.15) is 5.82 Å². The molecule has 5 heteroatoms. The lowest BCUT2D eigenvalue weighted by molar-refractivity contribution is 0.176. The van der Waals surface area contributed by atoms with Crippen LogP contribution in [0.25, 0.3) is 0 Å². The van der Waals surface area contributed by atoms with Crippen LogP contribution in [0.5, 0.6) is 0 Å². The van der Waals surface area contributed by atoms with Crippen molar-refractivity contribution >= 4 is 16.7 Å². The van der Waals surface area contributed by atoms with Gasteiger partial charge in [-0.15, -0.1) is 0 Å². The van der Waals surface area contributed by atoms with Gasteiger partial charge in [0.15, 0.2) is 0 Å². The van der Waals surface area contributed by atoms with Crippen LogP contribution in [0.1, 0.15) is 25.6 Å². The fraction of sp³-hybridized carbons (Fsp3) is 0.750. The summed E-state index contributed by atoms with van der Waals surface area (Å²) >= 11 is 1.33. The lowest BCUT2D eigenvalue weighted by Gasteiger charge is -2.08. The average molecular weight is 201 g/mol. The van der Waals surface area contributed by atoms with Gasteiger partial charge in [-0.05, 0) is 13.3 Å². The largest absolute Gasteiger partial charge is 0.391 e. The summed E-state index contributed by atoms with van der Waals surface area (Å²) in [4.78, 5) is 4.13. The van der Waals surface area contributed by atoms with E-state index in [0.29, 0.717) is 6.54 Å². The second-order valence-corrected chi connectivity index (χ2v) is 3.72. The maximum atomic E-state index is 9.41. The maximum Gasteiger partial charge on any atom is 0.202 e. The normalized spacial score (nSPS) is 12.8. The Morgan fingerprint density at radius 1 is 1.62 bits per heavy atom. The SMILES string of the molecule is CCCC(O)CNc1nc(C)ns1. The Morgan fingerprint density at radius 2 is 2.38 bits per heavy atom. The number of rotatable bonds is 5. The third-order valence-corrected chi connectivity index (χ3v) is 2.40. The van der Waals surface area contributed by atoms with Crippen LogP contribution < -0.4 is 5.32 Å². The molecule has 1 aromatic heterocycles. The highest BCUT2D eigenvalue weighted by atomic mass is 32.1. The van der Waals surface area contributed by atoms with E-state index in [1.54, 1.807) is 0 Å². The van der Waals surface area contributed by atoms with Gasteiger partial charge in [-0.1, -0.05) is 13.3 Å². The number of aryl methyl sites for hydroxylation is 1. The molecule has 1 unspecified atom stereocenters. The predicted octanol–water partition coefficient (Wildman–Crippen LogP) is 1.42. The first kappa shape index (κ1) is 10.4. The summed E-state index contributed by atoms with van der Waals surface area (Å²) in [5.74, 6) is 0.775. The van der Waals surface area contributed by atoms with Crippen LogP contribution in [0.2, 0.25) is 0 Å². The first-order valence-electron chi connectivity index (χ1n) is 4.44. The van der Waals surface area contributed by atoms with Crippen molar-refractivity contribution in [3.63, 3.8) is 0 Å². The van der Waals surface area contributed by atoms with E-state index in [9.17, 15) is 5.11 Å². The number of nitrogens with one attached hydrogen (secondary N) is 1. The van der Waals surface area contributed by atoms with Crippen molar-refractivity contribution in [2.24, 2.45) is 0 Å². The van der Waals surface area contributed by atoms with Gasteiger partial charge in [0, 0.05) is 18.1 Å². The van der Waals surface area contributed by atoms with Crippen molar-refractivity contribution in [1.82, 2.24) is 9.36 Å². The van der Waals surface area contributed by atoms with Gasteiger partial charge < -0.3 is 10.4 Å². The van der Waals surface area contributed by atoms with Gasteiger partial charge in [0.2, 0.25) is 5.13 Å². The van der Waals surface area contributed by atoms with Crippen LogP contribution in [0, 0.1) is 6.92 Å². The van der Waals surface area contributed by atoms with E-state index >= 15 is 0 Å². The molecule has 0 aliphatic rings. The highest BCUT2D eigenvalue weighted by Gasteiger charge is 2.04. The van der Waals surface area contributed by atoms with Crippen LogP contribution in [-0.4, -0.2) is 27.1 Å². The summed E-state index contributed by atoms with van der Waals surface area (Å²) in [5.41, 5.74) is 0. The molecule has 74 valence electrons. The topological polar surface area (TPSA) is 58.0 Å². The van der Waals surface area contributed by atoms with Crippen LogP contribution in [0.15, 0.2) is 0 Å². The Morgan fingerprint density at radius 3 is 2.92 bits per heavy atom. The molecule has 0 amide bonds. The molecule has 0 saturated carbocycles. The van der Waals surface area contributed by atoms with Crippen molar-refractivity contribution in [2.75, 3.05) is 11.9 Å². The molecule has 1 atom stereocenters. The molecule has 0 spiro atoms. The molecule has 0 radical (unpaired) electrons. The second kappa shape index (κ2) is 5.14. The number of aliphatic hydroxyl groups excluding tert-OH is 1. The lowest BCUT2D eigenvalue weighted by atomic mass is 10.2. The summed E-state index contributed by atoms with van der Waals surface area (Å²) in [6.07, 6.45) is 1.54. The number of aliphatic hydroxyl groups is 1. The zero-order valence-corrected chi connectivity index (χ0v) is 8.77.